The molecular weight excluding hydrogens is 302 g/mol. The molecule has 0 spiro atoms. The van der Waals surface area contributed by atoms with E-state index in [1.165, 1.54) is 30.1 Å². The highest BCUT2D eigenvalue weighted by molar-refractivity contribution is 5.87. The Bertz CT molecular complexity index is 603. The van der Waals surface area contributed by atoms with Crippen molar-refractivity contribution in [2.45, 2.75) is 18.9 Å². The van der Waals surface area contributed by atoms with Crippen molar-refractivity contribution in [3.05, 3.63) is 47.0 Å². The second kappa shape index (κ2) is 8.52. The summed E-state index contributed by atoms with van der Waals surface area (Å²) in [5, 5.41) is 22.5. The number of carbonyl (C=O) groups is 2. The number of amides is 1. The van der Waals surface area contributed by atoms with Crippen molar-refractivity contribution < 1.29 is 19.6 Å². The molecule has 0 aliphatic rings. The number of nitro benzene ring substituents is 1. The standard InChI is InChI=1S/C15H19N3O5/c1-3-4-7-11(15(20)21)16-14(19)10-17(2)12-8-5-6-9-13(12)18(22)23/h3,5-6,8-9,11H,1,4,7,10H2,2H3,(H,16,19)(H,20,21). The average molecular weight is 321 g/mol. The van der Waals surface area contributed by atoms with Gasteiger partial charge in [0.1, 0.15) is 11.7 Å². The molecule has 0 saturated heterocycles. The van der Waals surface area contributed by atoms with Crippen molar-refractivity contribution in [2.75, 3.05) is 18.5 Å². The van der Waals surface area contributed by atoms with Crippen molar-refractivity contribution in [2.24, 2.45) is 0 Å². The number of aliphatic carboxylic acids is 1. The number of benzene rings is 1. The van der Waals surface area contributed by atoms with Crippen LogP contribution in [0.4, 0.5) is 11.4 Å². The number of anilines is 1. The first kappa shape index (κ1) is 18.1. The Morgan fingerprint density at radius 1 is 1.48 bits per heavy atom. The SMILES string of the molecule is C=CCCC(NC(=O)CN(C)c1ccccc1[N+](=O)[O-])C(=O)O. The Morgan fingerprint density at radius 2 is 2.13 bits per heavy atom. The lowest BCUT2D eigenvalue weighted by atomic mass is 10.1. The summed E-state index contributed by atoms with van der Waals surface area (Å²) in [6.07, 6.45) is 2.26. The molecule has 1 aromatic carbocycles. The topological polar surface area (TPSA) is 113 Å². The first-order valence-corrected chi connectivity index (χ1v) is 6.94. The third kappa shape index (κ3) is 5.42. The van der Waals surface area contributed by atoms with Gasteiger partial charge in [-0.3, -0.25) is 14.9 Å². The average Bonchev–Trinajstić information content (AvgIpc) is 2.50. The molecule has 0 fully saturated rings. The molecule has 1 aromatic rings. The molecule has 0 radical (unpaired) electrons. The lowest BCUT2D eigenvalue weighted by molar-refractivity contribution is -0.384. The van der Waals surface area contributed by atoms with Crippen LogP contribution in [0.25, 0.3) is 0 Å². The molecule has 2 N–H and O–H groups in total. The maximum Gasteiger partial charge on any atom is 0.326 e. The zero-order valence-corrected chi connectivity index (χ0v) is 12.8. The predicted molar refractivity (Wildman–Crippen MR) is 85.4 cm³/mol. The highest BCUT2D eigenvalue weighted by Gasteiger charge is 2.22. The minimum Gasteiger partial charge on any atom is -0.480 e. The molecule has 0 saturated carbocycles. The van der Waals surface area contributed by atoms with Crippen LogP contribution in [-0.2, 0) is 9.59 Å². The number of allylic oxidation sites excluding steroid dienone is 1. The van der Waals surface area contributed by atoms with Gasteiger partial charge in [0.2, 0.25) is 5.91 Å². The lowest BCUT2D eigenvalue weighted by Gasteiger charge is -2.20. The molecule has 1 atom stereocenters. The summed E-state index contributed by atoms with van der Waals surface area (Å²) in [6.45, 7) is 3.32. The van der Waals surface area contributed by atoms with Gasteiger partial charge >= 0.3 is 5.97 Å². The van der Waals surface area contributed by atoms with Crippen LogP contribution in [-0.4, -0.2) is 41.5 Å². The predicted octanol–water partition coefficient (Wildman–Crippen LogP) is 1.57. The monoisotopic (exact) mass is 321 g/mol. The van der Waals surface area contributed by atoms with Crippen LogP contribution in [0.15, 0.2) is 36.9 Å². The molecule has 1 unspecified atom stereocenters. The summed E-state index contributed by atoms with van der Waals surface area (Å²) >= 11 is 0. The number of carbonyl (C=O) groups excluding carboxylic acids is 1. The van der Waals surface area contributed by atoms with Gasteiger partial charge < -0.3 is 15.3 Å². The van der Waals surface area contributed by atoms with Gasteiger partial charge in [-0.15, -0.1) is 6.58 Å². The molecule has 8 nitrogen and oxygen atoms in total. The zero-order valence-electron chi connectivity index (χ0n) is 12.8. The molecule has 1 rings (SSSR count). The molecule has 124 valence electrons. The van der Waals surface area contributed by atoms with Crippen LogP contribution < -0.4 is 10.2 Å². The van der Waals surface area contributed by atoms with E-state index >= 15 is 0 Å². The second-order valence-electron chi connectivity index (χ2n) is 4.93. The van der Waals surface area contributed by atoms with Gasteiger partial charge in [0.25, 0.3) is 5.69 Å². The number of likely N-dealkylation sites (N-methyl/N-ethyl adjacent to an activating group) is 1. The fourth-order valence-corrected chi connectivity index (χ4v) is 2.02. The summed E-state index contributed by atoms with van der Waals surface area (Å²) < 4.78 is 0. The van der Waals surface area contributed by atoms with E-state index in [1.54, 1.807) is 12.1 Å². The van der Waals surface area contributed by atoms with E-state index in [4.69, 9.17) is 5.11 Å². The van der Waals surface area contributed by atoms with E-state index in [9.17, 15) is 19.7 Å². The minimum atomic E-state index is -1.13. The second-order valence-corrected chi connectivity index (χ2v) is 4.93. The van der Waals surface area contributed by atoms with Gasteiger partial charge in [0.05, 0.1) is 11.5 Å². The van der Waals surface area contributed by atoms with Crippen molar-refractivity contribution in [1.29, 1.82) is 0 Å². The number of nitrogens with one attached hydrogen (secondary N) is 1. The van der Waals surface area contributed by atoms with Crippen LogP contribution in [0.5, 0.6) is 0 Å². The molecule has 0 aliphatic heterocycles. The maximum atomic E-state index is 12.0. The fraction of sp³-hybridized carbons (Fsp3) is 0.333. The molecule has 1 amide bonds. The molecule has 0 aliphatic carbocycles. The Balaban J connectivity index is 2.75. The highest BCUT2D eigenvalue weighted by atomic mass is 16.6. The number of carboxylic acid groups (broad SMARTS) is 1. The summed E-state index contributed by atoms with van der Waals surface area (Å²) in [5.41, 5.74) is 0.162. The van der Waals surface area contributed by atoms with E-state index in [1.807, 2.05) is 0 Å². The lowest BCUT2D eigenvalue weighted by Crippen LogP contribution is -2.45. The normalized spacial score (nSPS) is 11.3. The Morgan fingerprint density at radius 3 is 2.70 bits per heavy atom. The zero-order chi connectivity index (χ0) is 17.4. The van der Waals surface area contributed by atoms with E-state index in [-0.39, 0.29) is 24.3 Å². The Labute approximate surface area is 133 Å². The summed E-state index contributed by atoms with van der Waals surface area (Å²) in [4.78, 5) is 34.9. The van der Waals surface area contributed by atoms with E-state index < -0.39 is 22.8 Å². The van der Waals surface area contributed by atoms with Crippen LogP contribution in [0.1, 0.15) is 12.8 Å². The Kier molecular flexibility index (Phi) is 6.72. The molecule has 8 heteroatoms. The van der Waals surface area contributed by atoms with E-state index in [0.29, 0.717) is 6.42 Å². The van der Waals surface area contributed by atoms with Gasteiger partial charge in [-0.25, -0.2) is 4.79 Å². The molecule has 23 heavy (non-hydrogen) atoms. The molecule has 0 aromatic heterocycles. The quantitative estimate of drug-likeness (QED) is 0.405. The van der Waals surface area contributed by atoms with Crippen molar-refractivity contribution >= 4 is 23.3 Å². The number of hydrogen-bond acceptors (Lipinski definition) is 5. The van der Waals surface area contributed by atoms with Crippen LogP contribution >= 0.6 is 0 Å². The van der Waals surface area contributed by atoms with Crippen molar-refractivity contribution in [3.63, 3.8) is 0 Å². The van der Waals surface area contributed by atoms with Gasteiger partial charge in [0.15, 0.2) is 0 Å². The fourth-order valence-electron chi connectivity index (χ4n) is 2.02. The third-order valence-corrected chi connectivity index (χ3v) is 3.16. The summed E-state index contributed by atoms with van der Waals surface area (Å²) in [7, 11) is 1.53. The summed E-state index contributed by atoms with van der Waals surface area (Å²) in [6, 6.07) is 5.01. The number of para-hydroxylation sites is 2. The van der Waals surface area contributed by atoms with Gasteiger partial charge in [-0.05, 0) is 18.9 Å². The number of nitrogens with zero attached hydrogens (tertiary/aromatic N) is 2. The molecular formula is C15H19N3O5. The number of nitro groups is 1. The summed E-state index contributed by atoms with van der Waals surface area (Å²) in [5.74, 6) is -1.66. The minimum absolute atomic E-state index is 0.121. The van der Waals surface area contributed by atoms with E-state index in [2.05, 4.69) is 11.9 Å². The first-order valence-electron chi connectivity index (χ1n) is 6.94. The van der Waals surface area contributed by atoms with E-state index in [0.717, 1.165) is 0 Å². The number of rotatable bonds is 9. The van der Waals surface area contributed by atoms with Crippen LogP contribution in [0, 0.1) is 10.1 Å². The molecule has 0 bridgehead atoms. The van der Waals surface area contributed by atoms with Crippen molar-refractivity contribution in [3.8, 4) is 0 Å². The van der Waals surface area contributed by atoms with Gasteiger partial charge in [-0.2, -0.15) is 0 Å². The Hall–Kier alpha value is -2.90. The number of carboxylic acids is 1. The first-order chi connectivity index (χ1) is 10.9. The van der Waals surface area contributed by atoms with Gasteiger partial charge in [-0.1, -0.05) is 18.2 Å². The smallest absolute Gasteiger partial charge is 0.326 e. The molecule has 0 heterocycles. The highest BCUT2D eigenvalue weighted by Crippen LogP contribution is 2.26. The van der Waals surface area contributed by atoms with Crippen molar-refractivity contribution in [1.82, 2.24) is 5.32 Å². The van der Waals surface area contributed by atoms with Gasteiger partial charge in [0, 0.05) is 13.1 Å². The third-order valence-electron chi connectivity index (χ3n) is 3.16. The number of hydrogen-bond donors (Lipinski definition) is 2. The van der Waals surface area contributed by atoms with Crippen LogP contribution in [0.2, 0.25) is 0 Å². The largest absolute Gasteiger partial charge is 0.480 e. The van der Waals surface area contributed by atoms with Crippen LogP contribution in [0.3, 0.4) is 0 Å². The maximum absolute atomic E-state index is 12.0.